The van der Waals surface area contributed by atoms with E-state index in [0.29, 0.717) is 18.5 Å². The fourth-order valence-corrected chi connectivity index (χ4v) is 6.79. The lowest BCUT2D eigenvalue weighted by atomic mass is 9.83. The zero-order valence-electron chi connectivity index (χ0n) is 33.6. The average molecular weight is 820 g/mol. The molecule has 1 saturated heterocycles. The fraction of sp³-hybridized carbons (Fsp3) is 0.513. The molecule has 2 aliphatic rings. The molecule has 0 bridgehead atoms. The van der Waals surface area contributed by atoms with Gasteiger partial charge in [0.25, 0.3) is 11.8 Å². The van der Waals surface area contributed by atoms with Crippen LogP contribution in [0.5, 0.6) is 0 Å². The van der Waals surface area contributed by atoms with Crippen molar-refractivity contribution in [3.05, 3.63) is 54.6 Å². The summed E-state index contributed by atoms with van der Waals surface area (Å²) >= 11 is 0. The lowest BCUT2D eigenvalue weighted by Crippen LogP contribution is -2.54. The smallest absolute Gasteiger partial charge is 0.321 e. The predicted octanol–water partition coefficient (Wildman–Crippen LogP) is -1.05. The van der Waals surface area contributed by atoms with Gasteiger partial charge in [0.1, 0.15) is 17.8 Å². The second kappa shape index (κ2) is 21.9. The van der Waals surface area contributed by atoms with Crippen LogP contribution in [0.4, 0.5) is 10.5 Å². The molecule has 2 aromatic rings. The second-order valence-corrected chi connectivity index (χ2v) is 15.0. The largest absolute Gasteiger partial charge is 0.349 e. The minimum Gasteiger partial charge on any atom is -0.349 e. The number of Topliss-reactive ketones (excluding diaryl/α,β-unsaturated/α-hetero) is 1. The first-order chi connectivity index (χ1) is 28.1. The van der Waals surface area contributed by atoms with Gasteiger partial charge in [-0.1, -0.05) is 51.3 Å². The summed E-state index contributed by atoms with van der Waals surface area (Å²) in [7, 11) is 3.08. The summed E-state index contributed by atoms with van der Waals surface area (Å²) in [6.45, 7) is 1.31. The van der Waals surface area contributed by atoms with Gasteiger partial charge in [0.2, 0.25) is 35.3 Å². The zero-order chi connectivity index (χ0) is 43.1. The summed E-state index contributed by atoms with van der Waals surface area (Å²) in [4.78, 5) is 127. The number of benzene rings is 1. The van der Waals surface area contributed by atoms with Gasteiger partial charge in [0, 0.05) is 45.3 Å². The number of rotatable bonds is 17. The van der Waals surface area contributed by atoms with Crippen LogP contribution in [0.2, 0.25) is 0 Å². The SMILES string of the molecule is CC(C)C(NC(=O)CNC(=O)C(=O)CNC(=O)[C@@H]1CN(C(=O)Nc2ccccc2)C[C@@H]1NC(=O)CNC(=O)C(NC(=O)c1cnccn1)C1CCCCC1)C(=O)N(C)C. The average Bonchev–Trinajstić information content (AvgIpc) is 3.66. The van der Waals surface area contributed by atoms with Crippen LogP contribution in [-0.4, -0.2) is 138 Å². The number of nitrogens with zero attached hydrogens (tertiary/aromatic N) is 4. The number of aromatic nitrogens is 2. The molecule has 1 aromatic heterocycles. The molecule has 2 fully saturated rings. The van der Waals surface area contributed by atoms with Crippen LogP contribution in [0.1, 0.15) is 56.4 Å². The van der Waals surface area contributed by atoms with Crippen LogP contribution >= 0.6 is 0 Å². The summed E-state index contributed by atoms with van der Waals surface area (Å²) in [5.74, 6) is -7.38. The van der Waals surface area contributed by atoms with E-state index in [-0.39, 0.29) is 36.5 Å². The molecule has 4 rings (SSSR count). The van der Waals surface area contributed by atoms with Crippen LogP contribution < -0.4 is 37.2 Å². The Kier molecular flexibility index (Phi) is 16.8. The highest BCUT2D eigenvalue weighted by atomic mass is 16.2. The Balaban J connectivity index is 1.36. The van der Waals surface area contributed by atoms with Gasteiger partial charge in [0.15, 0.2) is 0 Å². The Morgan fingerprint density at radius 3 is 2.15 bits per heavy atom. The van der Waals surface area contributed by atoms with Crippen molar-refractivity contribution in [2.75, 3.05) is 52.1 Å². The third kappa shape index (κ3) is 13.6. The number of likely N-dealkylation sites (N-methyl/N-ethyl adjacent to an activating group) is 1. The molecule has 2 unspecified atom stereocenters. The molecule has 1 aliphatic carbocycles. The number of anilines is 1. The lowest BCUT2D eigenvalue weighted by Gasteiger charge is -2.30. The summed E-state index contributed by atoms with van der Waals surface area (Å²) < 4.78 is 0. The molecule has 1 aliphatic heterocycles. The maximum Gasteiger partial charge on any atom is 0.321 e. The normalized spacial score (nSPS) is 17.4. The molecule has 7 N–H and O–H groups in total. The van der Waals surface area contributed by atoms with Crippen molar-refractivity contribution in [2.24, 2.45) is 17.8 Å². The van der Waals surface area contributed by atoms with Gasteiger partial charge >= 0.3 is 6.03 Å². The van der Waals surface area contributed by atoms with Gasteiger partial charge in [-0.25, -0.2) is 9.78 Å². The zero-order valence-corrected chi connectivity index (χ0v) is 33.6. The van der Waals surface area contributed by atoms with E-state index in [0.717, 1.165) is 19.3 Å². The first-order valence-corrected chi connectivity index (χ1v) is 19.5. The number of hydrogen-bond donors (Lipinski definition) is 7. The van der Waals surface area contributed by atoms with Crippen molar-refractivity contribution in [2.45, 2.75) is 64.1 Å². The van der Waals surface area contributed by atoms with Gasteiger partial charge < -0.3 is 47.0 Å². The molecule has 59 heavy (non-hydrogen) atoms. The Morgan fingerprint density at radius 2 is 1.51 bits per heavy atom. The van der Waals surface area contributed by atoms with E-state index in [4.69, 9.17) is 0 Å². The van der Waals surface area contributed by atoms with Crippen molar-refractivity contribution >= 4 is 58.9 Å². The highest BCUT2D eigenvalue weighted by Gasteiger charge is 2.41. The number of likely N-dealkylation sites (tertiary alicyclic amines) is 1. The summed E-state index contributed by atoms with van der Waals surface area (Å²) in [5.41, 5.74) is 0.520. The van der Waals surface area contributed by atoms with Crippen LogP contribution in [-0.2, 0) is 33.6 Å². The molecule has 318 valence electrons. The molecular weight excluding hydrogens is 766 g/mol. The maximum absolute atomic E-state index is 13.5. The molecule has 20 nitrogen and oxygen atoms in total. The number of carbonyl (C=O) groups excluding carboxylic acids is 9. The number of hydrogen-bond acceptors (Lipinski definition) is 11. The van der Waals surface area contributed by atoms with E-state index in [1.54, 1.807) is 58.3 Å². The third-order valence-electron chi connectivity index (χ3n) is 10.0. The van der Waals surface area contributed by atoms with Gasteiger partial charge in [0.05, 0.1) is 37.8 Å². The van der Waals surface area contributed by atoms with Crippen molar-refractivity contribution in [3.8, 4) is 0 Å². The lowest BCUT2D eigenvalue weighted by molar-refractivity contribution is -0.139. The van der Waals surface area contributed by atoms with E-state index >= 15 is 0 Å². The second-order valence-electron chi connectivity index (χ2n) is 15.0. The Morgan fingerprint density at radius 1 is 0.814 bits per heavy atom. The minimum absolute atomic E-state index is 0.0321. The summed E-state index contributed by atoms with van der Waals surface area (Å²) in [5, 5.41) is 17.9. The Hall–Kier alpha value is -6.47. The van der Waals surface area contributed by atoms with Crippen LogP contribution in [0.15, 0.2) is 48.9 Å². The minimum atomic E-state index is -1.16. The van der Waals surface area contributed by atoms with Crippen LogP contribution in [0.25, 0.3) is 0 Å². The molecule has 0 radical (unpaired) electrons. The first kappa shape index (κ1) is 45.2. The molecule has 20 heteroatoms. The number of ketones is 1. The maximum atomic E-state index is 13.5. The van der Waals surface area contributed by atoms with E-state index in [1.165, 1.54) is 28.4 Å². The summed E-state index contributed by atoms with van der Waals surface area (Å²) in [6.07, 6.45) is 8.20. The van der Waals surface area contributed by atoms with Crippen molar-refractivity contribution < 1.29 is 43.2 Å². The topological polar surface area (TPSA) is 270 Å². The van der Waals surface area contributed by atoms with Gasteiger partial charge in [-0.15, -0.1) is 0 Å². The number of para-hydroxylation sites is 1. The quantitative estimate of drug-likeness (QED) is 0.0947. The molecule has 1 saturated carbocycles. The Bertz CT molecular complexity index is 1840. The number of nitrogens with one attached hydrogen (secondary N) is 7. The van der Waals surface area contributed by atoms with Gasteiger partial charge in [-0.3, -0.25) is 43.3 Å². The van der Waals surface area contributed by atoms with E-state index in [9.17, 15) is 43.2 Å². The standard InChI is InChI=1S/C39H53N11O9/c1-23(2)32(38(58)49(3)4)47-31(53)20-43-36(56)29(51)18-42-34(54)26-21-50(39(59)45-25-13-9-6-10-14-25)22-28(26)46-30(52)19-44-37(57)33(24-11-7-5-8-12-24)48-35(55)27-17-40-15-16-41-27/h6,9-10,13-17,23-24,26,28,32-33H,5,7-8,11-12,18-22H2,1-4H3,(H,42,54)(H,43,56)(H,44,57)(H,45,59)(H,46,52)(H,47,53)(H,48,55)/t26-,28+,32?,33?/m1/s1. The molecular formula is C39H53N11O9. The summed E-state index contributed by atoms with van der Waals surface area (Å²) in [6, 6.07) is 5.22. The number of urea groups is 1. The fourth-order valence-electron chi connectivity index (χ4n) is 6.79. The van der Waals surface area contributed by atoms with E-state index in [2.05, 4.69) is 47.2 Å². The van der Waals surface area contributed by atoms with Crippen LogP contribution in [0, 0.1) is 17.8 Å². The van der Waals surface area contributed by atoms with E-state index in [1.807, 2.05) is 0 Å². The molecule has 4 atom stereocenters. The highest BCUT2D eigenvalue weighted by molar-refractivity contribution is 6.37. The molecule has 1 aromatic carbocycles. The van der Waals surface area contributed by atoms with Crippen molar-refractivity contribution in [1.29, 1.82) is 0 Å². The molecule has 9 amide bonds. The molecule has 0 spiro atoms. The van der Waals surface area contributed by atoms with E-state index < -0.39 is 90.9 Å². The predicted molar refractivity (Wildman–Crippen MR) is 212 cm³/mol. The van der Waals surface area contributed by atoms with Gasteiger partial charge in [-0.05, 0) is 36.8 Å². The third-order valence-corrected chi connectivity index (χ3v) is 10.0. The van der Waals surface area contributed by atoms with Gasteiger partial charge in [-0.2, -0.15) is 0 Å². The molecule has 2 heterocycles. The monoisotopic (exact) mass is 819 g/mol. The van der Waals surface area contributed by atoms with Crippen molar-refractivity contribution in [3.63, 3.8) is 0 Å². The Labute approximate surface area is 341 Å². The van der Waals surface area contributed by atoms with Crippen molar-refractivity contribution in [1.82, 2.24) is 51.7 Å². The number of carbonyl (C=O) groups is 9. The highest BCUT2D eigenvalue weighted by Crippen LogP contribution is 2.27. The van der Waals surface area contributed by atoms with Crippen LogP contribution in [0.3, 0.4) is 0 Å². The first-order valence-electron chi connectivity index (χ1n) is 19.5. The number of amides is 9.